The number of aryl methyl sites for hydroxylation is 2. The fourth-order valence-corrected chi connectivity index (χ4v) is 1.82. The fraction of sp³-hybridized carbons (Fsp3) is 0.692. The lowest BCUT2D eigenvalue weighted by Crippen LogP contribution is -2.33. The van der Waals surface area contributed by atoms with Crippen molar-refractivity contribution in [3.63, 3.8) is 0 Å². The van der Waals surface area contributed by atoms with Gasteiger partial charge in [-0.05, 0) is 33.6 Å². The molecule has 0 aliphatic heterocycles. The Labute approximate surface area is 104 Å². The number of aliphatic hydroxyl groups is 1. The van der Waals surface area contributed by atoms with E-state index in [0.29, 0.717) is 6.04 Å². The number of hydrogen-bond donors (Lipinski definition) is 1. The van der Waals surface area contributed by atoms with Crippen molar-refractivity contribution >= 4 is 5.82 Å². The van der Waals surface area contributed by atoms with E-state index in [1.807, 2.05) is 13.0 Å². The Hall–Kier alpha value is -1.16. The van der Waals surface area contributed by atoms with E-state index in [-0.39, 0.29) is 6.61 Å². The van der Waals surface area contributed by atoms with E-state index in [9.17, 15) is 0 Å². The highest BCUT2D eigenvalue weighted by Gasteiger charge is 2.13. The third-order valence-electron chi connectivity index (χ3n) is 2.71. The molecule has 0 spiro atoms. The molecule has 1 rings (SSSR count). The van der Waals surface area contributed by atoms with Crippen LogP contribution in [0.25, 0.3) is 0 Å². The third-order valence-corrected chi connectivity index (χ3v) is 2.71. The normalized spacial score (nSPS) is 10.9. The first kappa shape index (κ1) is 13.9. The number of nitrogens with zero attached hydrogens (tertiary/aromatic N) is 3. The van der Waals surface area contributed by atoms with Crippen LogP contribution in [0.1, 0.15) is 38.7 Å². The number of anilines is 1. The largest absolute Gasteiger partial charge is 0.396 e. The molecule has 0 aliphatic rings. The summed E-state index contributed by atoms with van der Waals surface area (Å²) in [6.45, 7) is 9.34. The monoisotopic (exact) mass is 237 g/mol. The Morgan fingerprint density at radius 1 is 1.35 bits per heavy atom. The summed E-state index contributed by atoms with van der Waals surface area (Å²) in [5, 5.41) is 8.94. The molecule has 4 heteroatoms. The molecule has 1 N–H and O–H groups in total. The first-order valence-electron chi connectivity index (χ1n) is 6.30. The molecule has 0 amide bonds. The van der Waals surface area contributed by atoms with Crippen LogP contribution >= 0.6 is 0 Å². The van der Waals surface area contributed by atoms with Crippen LogP contribution in [0, 0.1) is 6.92 Å². The summed E-state index contributed by atoms with van der Waals surface area (Å²) in [5.41, 5.74) is 1.07. The summed E-state index contributed by atoms with van der Waals surface area (Å²) in [6.07, 6.45) is 1.69. The maximum atomic E-state index is 8.94. The molecule has 0 unspecified atom stereocenters. The first-order valence-corrected chi connectivity index (χ1v) is 6.30. The van der Waals surface area contributed by atoms with E-state index < -0.39 is 0 Å². The minimum atomic E-state index is 0.216. The number of aliphatic hydroxyl groups excluding tert-OH is 1. The molecule has 1 aromatic heterocycles. The lowest BCUT2D eigenvalue weighted by atomic mass is 10.2. The summed E-state index contributed by atoms with van der Waals surface area (Å²) >= 11 is 0. The van der Waals surface area contributed by atoms with Gasteiger partial charge in [-0.3, -0.25) is 0 Å². The van der Waals surface area contributed by atoms with Gasteiger partial charge in [-0.15, -0.1) is 0 Å². The highest BCUT2D eigenvalue weighted by atomic mass is 16.3. The van der Waals surface area contributed by atoms with E-state index in [2.05, 4.69) is 35.6 Å². The number of hydrogen-bond acceptors (Lipinski definition) is 4. The van der Waals surface area contributed by atoms with Gasteiger partial charge in [0, 0.05) is 31.0 Å². The van der Waals surface area contributed by atoms with Crippen molar-refractivity contribution < 1.29 is 5.11 Å². The molecule has 17 heavy (non-hydrogen) atoms. The SMILES string of the molecule is CCc1cc(N(CCCO)C(C)C)nc(C)n1. The van der Waals surface area contributed by atoms with E-state index in [1.54, 1.807) is 0 Å². The van der Waals surface area contributed by atoms with Gasteiger partial charge in [0.1, 0.15) is 11.6 Å². The lowest BCUT2D eigenvalue weighted by molar-refractivity contribution is 0.288. The predicted octanol–water partition coefficient (Wildman–Crippen LogP) is 1.94. The van der Waals surface area contributed by atoms with Gasteiger partial charge in [0.15, 0.2) is 0 Å². The van der Waals surface area contributed by atoms with Crippen molar-refractivity contribution in [3.05, 3.63) is 17.6 Å². The summed E-state index contributed by atoms with van der Waals surface area (Å²) in [5.74, 6) is 1.78. The van der Waals surface area contributed by atoms with Gasteiger partial charge >= 0.3 is 0 Å². The maximum absolute atomic E-state index is 8.94. The fourth-order valence-electron chi connectivity index (χ4n) is 1.82. The molecule has 0 atom stereocenters. The van der Waals surface area contributed by atoms with Gasteiger partial charge in [0.25, 0.3) is 0 Å². The van der Waals surface area contributed by atoms with Crippen LogP contribution in [-0.2, 0) is 6.42 Å². The van der Waals surface area contributed by atoms with Crippen LogP contribution in [0.2, 0.25) is 0 Å². The molecule has 0 bridgehead atoms. The molecule has 0 saturated heterocycles. The summed E-state index contributed by atoms with van der Waals surface area (Å²) in [7, 11) is 0. The van der Waals surface area contributed by atoms with Crippen molar-refractivity contribution in [2.45, 2.75) is 46.6 Å². The lowest BCUT2D eigenvalue weighted by Gasteiger charge is -2.28. The quantitative estimate of drug-likeness (QED) is 0.821. The molecular formula is C13H23N3O. The van der Waals surface area contributed by atoms with Crippen molar-refractivity contribution in [2.75, 3.05) is 18.1 Å². The predicted molar refractivity (Wildman–Crippen MR) is 70.3 cm³/mol. The summed E-state index contributed by atoms with van der Waals surface area (Å²) in [6, 6.07) is 2.42. The average Bonchev–Trinajstić information content (AvgIpc) is 2.28. The summed E-state index contributed by atoms with van der Waals surface area (Å²) in [4.78, 5) is 11.1. The van der Waals surface area contributed by atoms with Crippen LogP contribution in [0.3, 0.4) is 0 Å². The van der Waals surface area contributed by atoms with Gasteiger partial charge in [-0.1, -0.05) is 6.92 Å². The Kier molecular flexibility index (Phi) is 5.35. The maximum Gasteiger partial charge on any atom is 0.132 e. The second kappa shape index (κ2) is 6.55. The second-order valence-electron chi connectivity index (χ2n) is 4.48. The molecule has 0 saturated carbocycles. The van der Waals surface area contributed by atoms with Gasteiger partial charge in [-0.25, -0.2) is 9.97 Å². The zero-order valence-corrected chi connectivity index (χ0v) is 11.3. The third kappa shape index (κ3) is 3.97. The van der Waals surface area contributed by atoms with E-state index >= 15 is 0 Å². The van der Waals surface area contributed by atoms with Gasteiger partial charge in [0.2, 0.25) is 0 Å². The Bertz CT molecular complexity index is 353. The molecule has 0 aliphatic carbocycles. The Morgan fingerprint density at radius 3 is 2.59 bits per heavy atom. The molecule has 0 radical (unpaired) electrons. The zero-order valence-electron chi connectivity index (χ0n) is 11.3. The molecule has 96 valence electrons. The molecule has 1 aromatic rings. The summed E-state index contributed by atoms with van der Waals surface area (Å²) < 4.78 is 0. The highest BCUT2D eigenvalue weighted by molar-refractivity contribution is 5.40. The minimum absolute atomic E-state index is 0.216. The molecule has 0 aromatic carbocycles. The van der Waals surface area contributed by atoms with E-state index in [0.717, 1.165) is 36.7 Å². The average molecular weight is 237 g/mol. The molecule has 4 nitrogen and oxygen atoms in total. The highest BCUT2D eigenvalue weighted by Crippen LogP contribution is 2.16. The van der Waals surface area contributed by atoms with E-state index in [1.165, 1.54) is 0 Å². The molecule has 0 fully saturated rings. The topological polar surface area (TPSA) is 49.2 Å². The van der Waals surface area contributed by atoms with E-state index in [4.69, 9.17) is 5.11 Å². The zero-order chi connectivity index (χ0) is 12.8. The number of aromatic nitrogens is 2. The van der Waals surface area contributed by atoms with Crippen molar-refractivity contribution in [1.82, 2.24) is 9.97 Å². The van der Waals surface area contributed by atoms with Gasteiger partial charge < -0.3 is 10.0 Å². The number of rotatable bonds is 6. The van der Waals surface area contributed by atoms with Gasteiger partial charge in [0.05, 0.1) is 0 Å². The smallest absolute Gasteiger partial charge is 0.132 e. The van der Waals surface area contributed by atoms with Gasteiger partial charge in [-0.2, -0.15) is 0 Å². The van der Waals surface area contributed by atoms with Crippen molar-refractivity contribution in [3.8, 4) is 0 Å². The van der Waals surface area contributed by atoms with Crippen molar-refractivity contribution in [2.24, 2.45) is 0 Å². The minimum Gasteiger partial charge on any atom is -0.396 e. The van der Waals surface area contributed by atoms with Crippen LogP contribution in [-0.4, -0.2) is 34.3 Å². The second-order valence-corrected chi connectivity index (χ2v) is 4.48. The van der Waals surface area contributed by atoms with Crippen LogP contribution in [0.4, 0.5) is 5.82 Å². The molecule has 1 heterocycles. The molecular weight excluding hydrogens is 214 g/mol. The first-order chi connectivity index (χ1) is 8.08. The Balaban J connectivity index is 2.96. The van der Waals surface area contributed by atoms with Crippen LogP contribution in [0.5, 0.6) is 0 Å². The standard InChI is InChI=1S/C13H23N3O/c1-5-12-9-13(15-11(4)14-12)16(10(2)3)7-6-8-17/h9-10,17H,5-8H2,1-4H3. The van der Waals surface area contributed by atoms with Crippen molar-refractivity contribution in [1.29, 1.82) is 0 Å². The Morgan fingerprint density at radius 2 is 2.06 bits per heavy atom. The van der Waals surface area contributed by atoms with Crippen LogP contribution in [0.15, 0.2) is 6.07 Å². The van der Waals surface area contributed by atoms with Crippen LogP contribution < -0.4 is 4.90 Å².